The molecule has 4 aromatic rings. The average Bonchev–Trinajstić information content (AvgIpc) is 3.18. The van der Waals surface area contributed by atoms with Crippen LogP contribution in [0.5, 0.6) is 0 Å². The molecule has 5 heteroatoms. The molecule has 0 saturated carbocycles. The van der Waals surface area contributed by atoms with E-state index in [1.165, 1.54) is 16.7 Å². The fourth-order valence-corrected chi connectivity index (χ4v) is 5.96. The Kier molecular flexibility index (Phi) is 5.99. The number of nitrogens with zero attached hydrogens (tertiary/aromatic N) is 3. The number of fused-ring (bicyclic) bond motifs is 1. The van der Waals surface area contributed by atoms with Gasteiger partial charge in [-0.2, -0.15) is 0 Å². The number of aryl methyl sites for hydroxylation is 3. The summed E-state index contributed by atoms with van der Waals surface area (Å²) in [5, 5.41) is 0. The lowest BCUT2D eigenvalue weighted by Crippen LogP contribution is -2.65. The molecule has 0 spiro atoms. The van der Waals surface area contributed by atoms with Crippen molar-refractivity contribution < 1.29 is 5.79 Å². The first kappa shape index (κ1) is 24.1. The van der Waals surface area contributed by atoms with Gasteiger partial charge in [-0.25, -0.2) is 4.79 Å². The van der Waals surface area contributed by atoms with E-state index in [1.807, 2.05) is 13.8 Å². The first-order chi connectivity index (χ1) is 17.9. The van der Waals surface area contributed by atoms with E-state index in [0.717, 1.165) is 34.4 Å². The van der Waals surface area contributed by atoms with E-state index in [9.17, 15) is 6.17 Å². The van der Waals surface area contributed by atoms with Crippen LogP contribution in [0.15, 0.2) is 63.8 Å². The zero-order valence-corrected chi connectivity index (χ0v) is 23.3. The van der Waals surface area contributed by atoms with Gasteiger partial charge >= 0.3 is 5.76 Å². The van der Waals surface area contributed by atoms with E-state index in [0.29, 0.717) is 12.1 Å². The molecule has 37 heavy (non-hydrogen) atoms. The quantitative estimate of drug-likeness (QED) is 0.311. The number of hydrogen-bond donors (Lipinski definition) is 0. The summed E-state index contributed by atoms with van der Waals surface area (Å²) in [6.45, 7) is 16.4. The smallest absolute Gasteiger partial charge is 0.405 e. The second-order valence-corrected chi connectivity index (χ2v) is 11.1. The fourth-order valence-electron chi connectivity index (χ4n) is 5.96. The van der Waals surface area contributed by atoms with Crippen molar-refractivity contribution in [3.8, 4) is 11.1 Å². The molecule has 5 nitrogen and oxygen atoms in total. The fraction of sp³-hybridized carbons (Fsp3) is 0.406. The van der Waals surface area contributed by atoms with Crippen molar-refractivity contribution in [1.82, 2.24) is 9.47 Å². The lowest BCUT2D eigenvalue weighted by Gasteiger charge is -2.54. The molecule has 1 aromatic heterocycles. The van der Waals surface area contributed by atoms with Gasteiger partial charge in [0.15, 0.2) is 5.58 Å². The van der Waals surface area contributed by atoms with Crippen molar-refractivity contribution in [3.05, 3.63) is 87.4 Å². The van der Waals surface area contributed by atoms with Gasteiger partial charge in [0.1, 0.15) is 0 Å². The summed E-state index contributed by atoms with van der Waals surface area (Å²) in [6.07, 6.45) is 0. The van der Waals surface area contributed by atoms with Crippen LogP contribution in [0.3, 0.4) is 0 Å². The summed E-state index contributed by atoms with van der Waals surface area (Å²) in [5.74, 6) is -0.345. The Morgan fingerprint density at radius 2 is 1.76 bits per heavy atom. The van der Waals surface area contributed by atoms with E-state index in [4.69, 9.17) is 4.42 Å². The van der Waals surface area contributed by atoms with Gasteiger partial charge in [0.25, 0.3) is 0 Å². The highest BCUT2D eigenvalue weighted by molar-refractivity contribution is 5.90. The molecule has 1 aliphatic rings. The van der Waals surface area contributed by atoms with E-state index in [2.05, 4.69) is 99.0 Å². The number of benzene rings is 3. The second-order valence-electron chi connectivity index (χ2n) is 11.1. The summed E-state index contributed by atoms with van der Waals surface area (Å²) >= 11 is 0. The Bertz CT molecular complexity index is 1580. The van der Waals surface area contributed by atoms with Gasteiger partial charge in [-0.3, -0.25) is 9.47 Å². The second kappa shape index (κ2) is 9.21. The zero-order chi connectivity index (χ0) is 27.6. The van der Waals surface area contributed by atoms with Crippen LogP contribution in [0.25, 0.3) is 22.2 Å². The molecule has 0 bridgehead atoms. The molecule has 194 valence electrons. The zero-order valence-electron chi connectivity index (χ0n) is 24.3. The Morgan fingerprint density at radius 3 is 2.51 bits per heavy atom. The van der Waals surface area contributed by atoms with Crippen molar-refractivity contribution in [3.63, 3.8) is 0 Å². The van der Waals surface area contributed by atoms with Gasteiger partial charge in [0.2, 0.25) is 0 Å². The third-order valence-corrected chi connectivity index (χ3v) is 8.78. The minimum absolute atomic E-state index is 0.0508. The molecule has 0 N–H and O–H groups in total. The molecule has 1 fully saturated rings. The number of aromatic nitrogens is 1. The summed E-state index contributed by atoms with van der Waals surface area (Å²) in [6, 6.07) is 18.2. The van der Waals surface area contributed by atoms with Crippen molar-refractivity contribution >= 4 is 16.8 Å². The molecule has 0 radical (unpaired) electrons. The van der Waals surface area contributed by atoms with Crippen molar-refractivity contribution in [2.75, 3.05) is 18.0 Å². The van der Waals surface area contributed by atoms with Crippen LogP contribution in [0, 0.1) is 20.8 Å². The summed E-state index contributed by atoms with van der Waals surface area (Å²) in [5.41, 5.74) is 9.01. The molecule has 0 aliphatic carbocycles. The van der Waals surface area contributed by atoms with E-state index in [-0.39, 0.29) is 17.3 Å². The Balaban J connectivity index is 1.50. The van der Waals surface area contributed by atoms with Crippen molar-refractivity contribution in [2.45, 2.75) is 66.1 Å². The molecule has 2 atom stereocenters. The average molecular weight is 499 g/mol. The highest BCUT2D eigenvalue weighted by atomic mass is 16.4. The molecule has 5 rings (SSSR count). The van der Waals surface area contributed by atoms with E-state index >= 15 is 0 Å². The first-order valence-corrected chi connectivity index (χ1v) is 13.2. The lowest BCUT2D eigenvalue weighted by molar-refractivity contribution is 0.0747. The van der Waals surface area contributed by atoms with Gasteiger partial charge in [-0.05, 0) is 94.0 Å². The Morgan fingerprint density at radius 1 is 1.03 bits per heavy atom. The van der Waals surface area contributed by atoms with Gasteiger partial charge in [0, 0.05) is 37.7 Å². The van der Waals surface area contributed by atoms with Crippen molar-refractivity contribution in [2.24, 2.45) is 7.05 Å². The maximum absolute atomic E-state index is 12.4. The van der Waals surface area contributed by atoms with Crippen LogP contribution in [0.4, 0.5) is 5.69 Å². The molecule has 2 unspecified atom stereocenters. The van der Waals surface area contributed by atoms with Crippen LogP contribution < -0.4 is 10.7 Å². The highest BCUT2D eigenvalue weighted by Crippen LogP contribution is 2.40. The SMILES string of the molecule is [2H]C(C)(c1cccc(-c2cccc(C)c2C)c1)N1CCN(c2ccc(C)c3c2oc(=O)n3C)C(C)(C)C1C. The Labute approximate surface area is 221 Å². The van der Waals surface area contributed by atoms with Gasteiger partial charge in [-0.1, -0.05) is 42.5 Å². The summed E-state index contributed by atoms with van der Waals surface area (Å²) in [7, 11) is 1.76. The monoisotopic (exact) mass is 498 g/mol. The Hall–Kier alpha value is -3.31. The number of rotatable bonds is 4. The van der Waals surface area contributed by atoms with Gasteiger partial charge < -0.3 is 9.32 Å². The molecule has 2 heterocycles. The summed E-state index contributed by atoms with van der Waals surface area (Å²) < 4.78 is 17.0. The number of anilines is 1. The maximum Gasteiger partial charge on any atom is 0.419 e. The molecule has 1 saturated heterocycles. The third kappa shape index (κ3) is 4.10. The number of piperazine rings is 1. The maximum atomic E-state index is 12.4. The predicted octanol–water partition coefficient (Wildman–Crippen LogP) is 6.77. The number of oxazole rings is 1. The largest absolute Gasteiger partial charge is 0.419 e. The topological polar surface area (TPSA) is 41.6 Å². The van der Waals surface area contributed by atoms with Crippen LogP contribution in [0.1, 0.15) is 57.3 Å². The predicted molar refractivity (Wildman–Crippen MR) is 154 cm³/mol. The molecule has 1 aliphatic heterocycles. The van der Waals surface area contributed by atoms with E-state index in [1.54, 1.807) is 11.6 Å². The van der Waals surface area contributed by atoms with Gasteiger partial charge in [-0.15, -0.1) is 0 Å². The van der Waals surface area contributed by atoms with E-state index < -0.39 is 6.02 Å². The number of hydrogen-bond acceptors (Lipinski definition) is 4. The van der Waals surface area contributed by atoms with Crippen LogP contribution in [-0.4, -0.2) is 34.1 Å². The summed E-state index contributed by atoms with van der Waals surface area (Å²) in [4.78, 5) is 17.1. The molecule has 3 aromatic carbocycles. The van der Waals surface area contributed by atoms with Crippen molar-refractivity contribution in [1.29, 1.82) is 0 Å². The molecular weight excluding hydrogens is 458 g/mol. The standard InChI is InChI=1S/C32H39N3O2/c1-20-11-9-14-27(22(20)3)26-13-10-12-25(19-26)23(4)34-17-18-35(32(6,7)24(34)5)28-16-15-21(2)29-30(28)37-31(36)33(29)8/h9-16,19,23-24H,17-18H2,1-8H3/i23D. The van der Waals surface area contributed by atoms with Gasteiger partial charge in [0.05, 0.1) is 12.6 Å². The highest BCUT2D eigenvalue weighted by Gasteiger charge is 2.43. The van der Waals surface area contributed by atoms with Crippen LogP contribution in [0.2, 0.25) is 0 Å². The molecular formula is C32H39N3O2. The molecule has 0 amide bonds. The van der Waals surface area contributed by atoms with Crippen LogP contribution in [-0.2, 0) is 7.05 Å². The minimum Gasteiger partial charge on any atom is -0.405 e. The minimum atomic E-state index is -0.918. The van der Waals surface area contributed by atoms with Crippen LogP contribution >= 0.6 is 0 Å². The lowest BCUT2D eigenvalue weighted by atomic mass is 9.86. The first-order valence-electron chi connectivity index (χ1n) is 13.7. The normalized spacial score (nSPS) is 20.2. The third-order valence-electron chi connectivity index (χ3n) is 8.78.